The first kappa shape index (κ1) is 14.5. The quantitative estimate of drug-likeness (QED) is 0.756. The Kier molecular flexibility index (Phi) is 2.84. The number of nitrogens with zero attached hydrogens (tertiary/aromatic N) is 3. The van der Waals surface area contributed by atoms with E-state index in [1.165, 1.54) is 9.25 Å². The van der Waals surface area contributed by atoms with Crippen molar-refractivity contribution in [2.24, 2.45) is 5.73 Å². The van der Waals surface area contributed by atoms with Gasteiger partial charge in [-0.1, -0.05) is 25.1 Å². The number of nitrogens with two attached hydrogens (primary N) is 1. The number of fused-ring (bicyclic) bond motifs is 1. The molecule has 0 saturated heterocycles. The maximum absolute atomic E-state index is 11.7. The predicted octanol–water partition coefficient (Wildman–Crippen LogP) is 3.01. The van der Waals surface area contributed by atoms with Crippen LogP contribution >= 0.6 is 0 Å². The first-order chi connectivity index (χ1) is 11.4. The van der Waals surface area contributed by atoms with Crippen molar-refractivity contribution in [3.8, 4) is 11.1 Å². The summed E-state index contributed by atoms with van der Waals surface area (Å²) in [5.74, 6) is 0. The van der Waals surface area contributed by atoms with E-state index in [-0.39, 0.29) is 5.41 Å². The van der Waals surface area contributed by atoms with Crippen LogP contribution in [0.4, 0.5) is 9.59 Å². The van der Waals surface area contributed by atoms with E-state index in [1.807, 2.05) is 12.1 Å². The molecule has 122 valence electrons. The molecule has 7 nitrogen and oxygen atoms in total. The Morgan fingerprint density at radius 2 is 1.96 bits per heavy atom. The lowest BCUT2D eigenvalue weighted by atomic mass is 9.96. The highest BCUT2D eigenvalue weighted by Crippen LogP contribution is 2.51. The highest BCUT2D eigenvalue weighted by atomic mass is 16.4. The molecule has 1 aromatic carbocycles. The van der Waals surface area contributed by atoms with Gasteiger partial charge >= 0.3 is 12.1 Å². The van der Waals surface area contributed by atoms with Gasteiger partial charge in [0, 0.05) is 28.1 Å². The van der Waals surface area contributed by atoms with Gasteiger partial charge in [-0.25, -0.2) is 9.59 Å². The van der Waals surface area contributed by atoms with Gasteiger partial charge in [0.05, 0.1) is 17.4 Å². The van der Waals surface area contributed by atoms with Crippen LogP contribution in [0, 0.1) is 0 Å². The van der Waals surface area contributed by atoms with Crippen molar-refractivity contribution in [1.82, 2.24) is 14.3 Å². The van der Waals surface area contributed by atoms with Gasteiger partial charge in [0.2, 0.25) is 0 Å². The Labute approximate surface area is 137 Å². The van der Waals surface area contributed by atoms with Crippen LogP contribution in [0.3, 0.4) is 0 Å². The number of primary amides is 1. The minimum absolute atomic E-state index is 0.159. The molecule has 7 heteroatoms. The zero-order chi connectivity index (χ0) is 17.1. The Hall–Kier alpha value is -3.09. The summed E-state index contributed by atoms with van der Waals surface area (Å²) in [6, 6.07) is 6.64. The Balaban J connectivity index is 2.03. The number of para-hydroxylation sites is 1. The topological polar surface area (TPSA) is 103 Å². The maximum Gasteiger partial charge on any atom is 0.416 e. The third kappa shape index (κ3) is 1.94. The fraction of sp³-hybridized carbons (Fsp3) is 0.235. The second kappa shape index (κ2) is 4.70. The molecule has 1 saturated carbocycles. The molecule has 0 bridgehead atoms. The molecule has 2 heterocycles. The number of amides is 1. The molecule has 1 amide bonds. The fourth-order valence-electron chi connectivity index (χ4n) is 3.27. The zero-order valence-corrected chi connectivity index (χ0v) is 13.1. The van der Waals surface area contributed by atoms with Crippen LogP contribution in [0.1, 0.15) is 25.5 Å². The van der Waals surface area contributed by atoms with Gasteiger partial charge in [-0.05, 0) is 18.9 Å². The molecule has 3 N–H and O–H groups in total. The molecule has 24 heavy (non-hydrogen) atoms. The molecule has 4 rings (SSSR count). The summed E-state index contributed by atoms with van der Waals surface area (Å²) >= 11 is 0. The Bertz CT molecular complexity index is 995. The average molecular weight is 324 g/mol. The van der Waals surface area contributed by atoms with Crippen LogP contribution in [-0.2, 0) is 5.41 Å². The van der Waals surface area contributed by atoms with E-state index < -0.39 is 12.1 Å². The number of benzene rings is 1. The molecular formula is C17H16N4O3. The summed E-state index contributed by atoms with van der Waals surface area (Å²) in [5, 5.41) is 14.4. The maximum atomic E-state index is 11.7. The van der Waals surface area contributed by atoms with Crippen LogP contribution < -0.4 is 5.73 Å². The summed E-state index contributed by atoms with van der Waals surface area (Å²) in [7, 11) is 0. The zero-order valence-electron chi connectivity index (χ0n) is 13.1. The van der Waals surface area contributed by atoms with Gasteiger partial charge in [-0.2, -0.15) is 9.78 Å². The predicted molar refractivity (Wildman–Crippen MR) is 88.1 cm³/mol. The van der Waals surface area contributed by atoms with E-state index in [0.717, 1.165) is 35.0 Å². The highest BCUT2D eigenvalue weighted by molar-refractivity contribution is 6.01. The number of carbonyl (C=O) groups is 2. The monoisotopic (exact) mass is 324 g/mol. The van der Waals surface area contributed by atoms with E-state index in [9.17, 15) is 14.7 Å². The van der Waals surface area contributed by atoms with Crippen LogP contribution in [0.2, 0.25) is 0 Å². The minimum atomic E-state index is -1.06. The summed E-state index contributed by atoms with van der Waals surface area (Å²) in [6.07, 6.45) is 3.99. The van der Waals surface area contributed by atoms with Gasteiger partial charge in [0.15, 0.2) is 0 Å². The van der Waals surface area contributed by atoms with E-state index in [1.54, 1.807) is 24.5 Å². The summed E-state index contributed by atoms with van der Waals surface area (Å²) in [6.45, 7) is 2.06. The van der Waals surface area contributed by atoms with Gasteiger partial charge < -0.3 is 10.8 Å². The van der Waals surface area contributed by atoms with E-state index in [2.05, 4.69) is 12.0 Å². The first-order valence-corrected chi connectivity index (χ1v) is 7.64. The van der Waals surface area contributed by atoms with E-state index in [0.29, 0.717) is 5.52 Å². The normalized spacial score (nSPS) is 15.5. The molecule has 3 aromatic rings. The van der Waals surface area contributed by atoms with Crippen molar-refractivity contribution < 1.29 is 14.7 Å². The van der Waals surface area contributed by atoms with Crippen molar-refractivity contribution in [3.05, 3.63) is 42.4 Å². The van der Waals surface area contributed by atoms with Crippen molar-refractivity contribution in [2.75, 3.05) is 0 Å². The molecule has 0 spiro atoms. The lowest BCUT2D eigenvalue weighted by Crippen LogP contribution is -2.25. The third-order valence-corrected chi connectivity index (χ3v) is 4.76. The van der Waals surface area contributed by atoms with Gasteiger partial charge in [0.1, 0.15) is 0 Å². The average Bonchev–Trinajstić information content (AvgIpc) is 3.01. The number of carboxylic acid groups (broad SMARTS) is 1. The SMILES string of the molecule is CC1(c2c(-c3cn(C(=O)O)c4ccccc34)cnn2C(N)=O)CC1. The number of aromatic nitrogens is 3. The number of carbonyl (C=O) groups excluding carboxylic acids is 1. The highest BCUT2D eigenvalue weighted by Gasteiger charge is 2.45. The van der Waals surface area contributed by atoms with Gasteiger partial charge in [-0.15, -0.1) is 0 Å². The Morgan fingerprint density at radius 3 is 2.58 bits per heavy atom. The minimum Gasteiger partial charge on any atom is -0.464 e. The first-order valence-electron chi connectivity index (χ1n) is 7.64. The lowest BCUT2D eigenvalue weighted by Gasteiger charge is -2.12. The third-order valence-electron chi connectivity index (χ3n) is 4.76. The van der Waals surface area contributed by atoms with Crippen molar-refractivity contribution in [1.29, 1.82) is 0 Å². The summed E-state index contributed by atoms with van der Waals surface area (Å²) in [4.78, 5) is 23.3. The van der Waals surface area contributed by atoms with Crippen LogP contribution in [0.25, 0.3) is 22.0 Å². The van der Waals surface area contributed by atoms with Crippen LogP contribution in [0.15, 0.2) is 36.7 Å². The smallest absolute Gasteiger partial charge is 0.416 e. The lowest BCUT2D eigenvalue weighted by molar-refractivity contribution is 0.197. The largest absolute Gasteiger partial charge is 0.464 e. The molecular weight excluding hydrogens is 308 g/mol. The standard InChI is InChI=1S/C17H16N4O3/c1-17(6-7-17)14-11(8-19-21(14)15(18)22)12-9-20(16(23)24)13-5-3-2-4-10(12)13/h2-5,8-9H,6-7H2,1H3,(H2,18,22)(H,23,24). The molecule has 1 fully saturated rings. The number of hydrogen-bond donors (Lipinski definition) is 2. The van der Waals surface area contributed by atoms with Crippen molar-refractivity contribution >= 4 is 23.0 Å². The molecule has 0 radical (unpaired) electrons. The van der Waals surface area contributed by atoms with Crippen LogP contribution in [0.5, 0.6) is 0 Å². The molecule has 1 aliphatic carbocycles. The molecule has 2 aromatic heterocycles. The second-order valence-electron chi connectivity index (χ2n) is 6.43. The van der Waals surface area contributed by atoms with Crippen molar-refractivity contribution in [3.63, 3.8) is 0 Å². The van der Waals surface area contributed by atoms with Gasteiger partial charge in [0.25, 0.3) is 0 Å². The Morgan fingerprint density at radius 1 is 1.25 bits per heavy atom. The van der Waals surface area contributed by atoms with Crippen LogP contribution in [-0.4, -0.2) is 31.6 Å². The van der Waals surface area contributed by atoms with Crippen molar-refractivity contribution in [2.45, 2.75) is 25.2 Å². The molecule has 1 aliphatic rings. The second-order valence-corrected chi connectivity index (χ2v) is 6.43. The van der Waals surface area contributed by atoms with E-state index >= 15 is 0 Å². The molecule has 0 aliphatic heterocycles. The molecule has 0 atom stereocenters. The fourth-order valence-corrected chi connectivity index (χ4v) is 3.27. The van der Waals surface area contributed by atoms with Gasteiger partial charge in [-0.3, -0.25) is 4.57 Å². The summed E-state index contributed by atoms with van der Waals surface area (Å²) in [5.41, 5.74) is 8.14. The summed E-state index contributed by atoms with van der Waals surface area (Å²) < 4.78 is 2.42. The number of rotatable bonds is 2. The number of hydrogen-bond acceptors (Lipinski definition) is 3. The van der Waals surface area contributed by atoms with E-state index in [4.69, 9.17) is 5.73 Å². The molecule has 0 unspecified atom stereocenters.